The zero-order valence-corrected chi connectivity index (χ0v) is 9.14. The van der Waals surface area contributed by atoms with E-state index in [0.717, 1.165) is 18.0 Å². The number of nitrogens with one attached hydrogen (secondary N) is 1. The maximum absolute atomic E-state index is 4.29. The van der Waals surface area contributed by atoms with Gasteiger partial charge in [0, 0.05) is 11.4 Å². The molecule has 0 heterocycles. The Hall–Kier alpha value is -0.470. The molecule has 0 atom stereocenters. The van der Waals surface area contributed by atoms with E-state index in [-0.39, 0.29) is 0 Å². The highest BCUT2D eigenvalue weighted by molar-refractivity contribution is 7.80. The average Bonchev–Trinajstić information content (AvgIpc) is 2.03. The Balaban J connectivity index is 2.37. The number of thiol groups is 1. The van der Waals surface area contributed by atoms with Crippen LogP contribution in [0.25, 0.3) is 0 Å². The van der Waals surface area contributed by atoms with Gasteiger partial charge in [0.05, 0.1) is 0 Å². The van der Waals surface area contributed by atoms with Gasteiger partial charge >= 0.3 is 0 Å². The Morgan fingerprint density at radius 3 is 2.77 bits per heavy atom. The second-order valence-corrected chi connectivity index (χ2v) is 4.21. The van der Waals surface area contributed by atoms with E-state index < -0.39 is 0 Å². The molecule has 1 nitrogen and oxygen atoms in total. The predicted octanol–water partition coefficient (Wildman–Crippen LogP) is 2.72. The van der Waals surface area contributed by atoms with Crippen LogP contribution in [-0.4, -0.2) is 6.54 Å². The number of hydrogen-bond donors (Lipinski definition) is 2. The van der Waals surface area contributed by atoms with Crippen LogP contribution in [0.5, 0.6) is 0 Å². The van der Waals surface area contributed by atoms with E-state index in [0.29, 0.717) is 5.92 Å². The minimum atomic E-state index is 0.708. The van der Waals surface area contributed by atoms with Gasteiger partial charge in [0.1, 0.15) is 0 Å². The standard InChI is InChI=1S/C11H17NS/c1-9(2)7-12-8-10-4-3-5-11(13)6-10/h3-6,9,12-13H,7-8H2,1-2H3. The second kappa shape index (κ2) is 5.30. The van der Waals surface area contributed by atoms with E-state index >= 15 is 0 Å². The van der Waals surface area contributed by atoms with Gasteiger partial charge in [-0.05, 0) is 30.2 Å². The van der Waals surface area contributed by atoms with Gasteiger partial charge in [-0.3, -0.25) is 0 Å². The van der Waals surface area contributed by atoms with E-state index in [9.17, 15) is 0 Å². The molecule has 0 saturated carbocycles. The van der Waals surface area contributed by atoms with Crippen LogP contribution in [0.1, 0.15) is 19.4 Å². The van der Waals surface area contributed by atoms with Gasteiger partial charge < -0.3 is 5.32 Å². The third-order valence-corrected chi connectivity index (χ3v) is 2.07. The van der Waals surface area contributed by atoms with Gasteiger partial charge in [-0.1, -0.05) is 26.0 Å². The van der Waals surface area contributed by atoms with Crippen LogP contribution in [0.15, 0.2) is 29.2 Å². The summed E-state index contributed by atoms with van der Waals surface area (Å²) >= 11 is 4.29. The molecule has 0 radical (unpaired) electrons. The topological polar surface area (TPSA) is 12.0 Å². The molecular formula is C11H17NS. The molecular weight excluding hydrogens is 178 g/mol. The molecule has 0 amide bonds. The largest absolute Gasteiger partial charge is 0.312 e. The number of benzene rings is 1. The summed E-state index contributed by atoms with van der Waals surface area (Å²) in [7, 11) is 0. The number of hydrogen-bond acceptors (Lipinski definition) is 2. The molecule has 0 aliphatic carbocycles. The maximum Gasteiger partial charge on any atom is 0.0206 e. The van der Waals surface area contributed by atoms with Gasteiger partial charge in [-0.2, -0.15) is 0 Å². The summed E-state index contributed by atoms with van der Waals surface area (Å²) in [5.74, 6) is 0.708. The van der Waals surface area contributed by atoms with E-state index in [1.54, 1.807) is 0 Å². The zero-order valence-electron chi connectivity index (χ0n) is 8.25. The lowest BCUT2D eigenvalue weighted by molar-refractivity contribution is 0.552. The Bertz CT molecular complexity index is 258. The fourth-order valence-electron chi connectivity index (χ4n) is 1.17. The van der Waals surface area contributed by atoms with E-state index in [1.165, 1.54) is 5.56 Å². The molecule has 0 spiro atoms. The molecule has 0 aromatic heterocycles. The first kappa shape index (κ1) is 10.6. The minimum Gasteiger partial charge on any atom is -0.312 e. The molecule has 1 aromatic rings. The molecule has 72 valence electrons. The molecule has 1 N–H and O–H groups in total. The summed E-state index contributed by atoms with van der Waals surface area (Å²) in [5, 5.41) is 3.39. The molecule has 0 aliphatic rings. The van der Waals surface area contributed by atoms with E-state index in [2.05, 4.69) is 43.9 Å². The summed E-state index contributed by atoms with van der Waals surface area (Å²) in [6, 6.07) is 8.24. The monoisotopic (exact) mass is 195 g/mol. The first-order valence-electron chi connectivity index (χ1n) is 4.67. The fraction of sp³-hybridized carbons (Fsp3) is 0.455. The normalized spacial score (nSPS) is 10.8. The van der Waals surface area contributed by atoms with Crippen molar-refractivity contribution in [2.45, 2.75) is 25.3 Å². The Labute approximate surface area is 86.0 Å². The van der Waals surface area contributed by atoms with Crippen molar-refractivity contribution >= 4 is 12.6 Å². The SMILES string of the molecule is CC(C)CNCc1cccc(S)c1. The van der Waals surface area contributed by atoms with Crippen molar-refractivity contribution in [2.24, 2.45) is 5.92 Å². The fourth-order valence-corrected chi connectivity index (χ4v) is 1.42. The first-order chi connectivity index (χ1) is 6.18. The summed E-state index contributed by atoms with van der Waals surface area (Å²) < 4.78 is 0. The smallest absolute Gasteiger partial charge is 0.0206 e. The second-order valence-electron chi connectivity index (χ2n) is 3.69. The Kier molecular flexibility index (Phi) is 4.33. The van der Waals surface area contributed by atoms with Gasteiger partial charge in [-0.25, -0.2) is 0 Å². The highest BCUT2D eigenvalue weighted by Crippen LogP contribution is 2.08. The molecule has 1 rings (SSSR count). The first-order valence-corrected chi connectivity index (χ1v) is 5.12. The Morgan fingerprint density at radius 2 is 2.15 bits per heavy atom. The molecule has 13 heavy (non-hydrogen) atoms. The molecule has 2 heteroatoms. The maximum atomic E-state index is 4.29. The van der Waals surface area contributed by atoms with Gasteiger partial charge in [0.2, 0.25) is 0 Å². The third-order valence-electron chi connectivity index (χ3n) is 1.79. The van der Waals surface area contributed by atoms with Crippen molar-refractivity contribution in [2.75, 3.05) is 6.54 Å². The van der Waals surface area contributed by atoms with Crippen molar-refractivity contribution in [1.82, 2.24) is 5.32 Å². The van der Waals surface area contributed by atoms with Crippen LogP contribution < -0.4 is 5.32 Å². The van der Waals surface area contributed by atoms with Gasteiger partial charge in [0.15, 0.2) is 0 Å². The lowest BCUT2D eigenvalue weighted by Gasteiger charge is -2.07. The summed E-state index contributed by atoms with van der Waals surface area (Å²) in [4.78, 5) is 1.03. The van der Waals surface area contributed by atoms with Crippen LogP contribution >= 0.6 is 12.6 Å². The highest BCUT2D eigenvalue weighted by Gasteiger charge is 1.94. The van der Waals surface area contributed by atoms with Crippen LogP contribution in [0.3, 0.4) is 0 Å². The quantitative estimate of drug-likeness (QED) is 0.704. The van der Waals surface area contributed by atoms with E-state index in [1.807, 2.05) is 12.1 Å². The van der Waals surface area contributed by atoms with Crippen molar-refractivity contribution < 1.29 is 0 Å². The highest BCUT2D eigenvalue weighted by atomic mass is 32.1. The summed E-state index contributed by atoms with van der Waals surface area (Å²) in [6.07, 6.45) is 0. The predicted molar refractivity (Wildman–Crippen MR) is 60.2 cm³/mol. The van der Waals surface area contributed by atoms with E-state index in [4.69, 9.17) is 0 Å². The third kappa shape index (κ3) is 4.34. The molecule has 1 aromatic carbocycles. The zero-order chi connectivity index (χ0) is 9.68. The van der Waals surface area contributed by atoms with Crippen molar-refractivity contribution in [3.8, 4) is 0 Å². The molecule has 0 aliphatic heterocycles. The van der Waals surface area contributed by atoms with Crippen LogP contribution in [0.4, 0.5) is 0 Å². The minimum absolute atomic E-state index is 0.708. The molecule has 0 unspecified atom stereocenters. The molecule has 0 bridgehead atoms. The molecule has 0 saturated heterocycles. The van der Waals surface area contributed by atoms with Crippen LogP contribution in [0.2, 0.25) is 0 Å². The van der Waals surface area contributed by atoms with Gasteiger partial charge in [-0.15, -0.1) is 12.6 Å². The number of rotatable bonds is 4. The molecule has 0 fully saturated rings. The average molecular weight is 195 g/mol. The van der Waals surface area contributed by atoms with Crippen LogP contribution in [0, 0.1) is 5.92 Å². The Morgan fingerprint density at radius 1 is 1.38 bits per heavy atom. The van der Waals surface area contributed by atoms with Crippen molar-refractivity contribution in [3.63, 3.8) is 0 Å². The summed E-state index contributed by atoms with van der Waals surface area (Å²) in [6.45, 7) is 6.42. The van der Waals surface area contributed by atoms with Crippen molar-refractivity contribution in [1.29, 1.82) is 0 Å². The van der Waals surface area contributed by atoms with Crippen LogP contribution in [-0.2, 0) is 6.54 Å². The lowest BCUT2D eigenvalue weighted by Crippen LogP contribution is -2.18. The van der Waals surface area contributed by atoms with Crippen molar-refractivity contribution in [3.05, 3.63) is 29.8 Å². The van der Waals surface area contributed by atoms with Gasteiger partial charge in [0.25, 0.3) is 0 Å². The lowest BCUT2D eigenvalue weighted by atomic mass is 10.2. The summed E-state index contributed by atoms with van der Waals surface area (Å²) in [5.41, 5.74) is 1.30.